The van der Waals surface area contributed by atoms with Crippen LogP contribution < -0.4 is 4.90 Å². The van der Waals surface area contributed by atoms with Crippen LogP contribution in [0.4, 0.5) is 5.69 Å². The molecule has 0 spiro atoms. The van der Waals surface area contributed by atoms with E-state index in [0.29, 0.717) is 25.2 Å². The van der Waals surface area contributed by atoms with Crippen LogP contribution in [0.25, 0.3) is 10.9 Å². The Balaban J connectivity index is 1.90. The van der Waals surface area contributed by atoms with Crippen LogP contribution in [0.2, 0.25) is 0 Å². The summed E-state index contributed by atoms with van der Waals surface area (Å²) in [6.07, 6.45) is 0.711. The molecule has 1 aliphatic heterocycles. The molecule has 1 N–H and O–H groups in total. The summed E-state index contributed by atoms with van der Waals surface area (Å²) in [4.78, 5) is 26.3. The van der Waals surface area contributed by atoms with Crippen LogP contribution >= 0.6 is 0 Å². The van der Waals surface area contributed by atoms with Gasteiger partial charge in [0.15, 0.2) is 0 Å². The minimum Gasteiger partial charge on any atom is -0.478 e. The Labute approximate surface area is 145 Å². The summed E-state index contributed by atoms with van der Waals surface area (Å²) >= 11 is 0. The van der Waals surface area contributed by atoms with Crippen LogP contribution in [-0.4, -0.2) is 28.1 Å². The summed E-state index contributed by atoms with van der Waals surface area (Å²) in [6.45, 7) is 3.25. The van der Waals surface area contributed by atoms with E-state index in [1.165, 1.54) is 0 Å². The first-order chi connectivity index (χ1) is 12.1. The topological polar surface area (TPSA) is 62.5 Å². The fourth-order valence-corrected chi connectivity index (χ4v) is 3.69. The highest BCUT2D eigenvalue weighted by atomic mass is 16.4. The van der Waals surface area contributed by atoms with Crippen molar-refractivity contribution in [1.82, 2.24) is 4.57 Å². The highest BCUT2D eigenvalue weighted by molar-refractivity contribution is 6.11. The molecule has 25 heavy (non-hydrogen) atoms. The van der Waals surface area contributed by atoms with Gasteiger partial charge in [-0.2, -0.15) is 0 Å². The van der Waals surface area contributed by atoms with Crippen LogP contribution in [0.1, 0.15) is 33.3 Å². The molecule has 0 aliphatic carbocycles. The van der Waals surface area contributed by atoms with Crippen molar-refractivity contribution in [3.05, 3.63) is 65.4 Å². The third-order valence-corrected chi connectivity index (χ3v) is 4.83. The molecule has 0 radical (unpaired) electrons. The number of carboxylic acids is 1. The van der Waals surface area contributed by atoms with Crippen molar-refractivity contribution >= 4 is 28.5 Å². The van der Waals surface area contributed by atoms with E-state index in [0.717, 1.165) is 22.2 Å². The Morgan fingerprint density at radius 3 is 2.60 bits per heavy atom. The number of aryl methyl sites for hydroxylation is 1. The number of hydrogen-bond acceptors (Lipinski definition) is 2. The van der Waals surface area contributed by atoms with Crippen molar-refractivity contribution in [2.75, 3.05) is 11.4 Å². The molecule has 2 heterocycles. The van der Waals surface area contributed by atoms with Crippen LogP contribution in [0, 0.1) is 0 Å². The molecule has 4 rings (SSSR count). The van der Waals surface area contributed by atoms with Crippen molar-refractivity contribution in [3.8, 4) is 0 Å². The van der Waals surface area contributed by atoms with Gasteiger partial charge in [-0.05, 0) is 49.2 Å². The second-order valence-corrected chi connectivity index (χ2v) is 6.15. The summed E-state index contributed by atoms with van der Waals surface area (Å²) < 4.78 is 1.99. The van der Waals surface area contributed by atoms with E-state index in [1.54, 1.807) is 23.1 Å². The predicted octanol–water partition coefficient (Wildman–Crippen LogP) is 3.56. The van der Waals surface area contributed by atoms with E-state index in [9.17, 15) is 14.7 Å². The normalized spacial score (nSPS) is 14.0. The van der Waals surface area contributed by atoms with Gasteiger partial charge in [0, 0.05) is 29.7 Å². The minimum absolute atomic E-state index is 0.0256. The summed E-state index contributed by atoms with van der Waals surface area (Å²) in [5.74, 6) is -0.977. The van der Waals surface area contributed by atoms with Crippen LogP contribution in [0.15, 0.2) is 48.5 Å². The molecular formula is C20H18N2O3. The van der Waals surface area contributed by atoms with E-state index in [1.807, 2.05) is 41.8 Å². The number of aromatic nitrogens is 1. The smallest absolute Gasteiger partial charge is 0.335 e. The molecule has 0 fully saturated rings. The van der Waals surface area contributed by atoms with Crippen molar-refractivity contribution in [1.29, 1.82) is 0 Å². The highest BCUT2D eigenvalue weighted by Crippen LogP contribution is 2.33. The monoisotopic (exact) mass is 334 g/mol. The molecule has 0 atom stereocenters. The van der Waals surface area contributed by atoms with E-state index < -0.39 is 5.97 Å². The van der Waals surface area contributed by atoms with E-state index in [2.05, 4.69) is 0 Å². The quantitative estimate of drug-likeness (QED) is 0.796. The number of rotatable bonds is 3. The largest absolute Gasteiger partial charge is 0.478 e. The standard InChI is InChI=1S/C20H18N2O3/c1-2-21-17-9-8-13(20(24)25)12-16(17)15-10-11-22(19(23)18(15)21)14-6-4-3-5-7-14/h3-9,12H,2,10-11H2,1H3,(H,24,25). The maximum atomic E-state index is 13.2. The van der Waals surface area contributed by atoms with Gasteiger partial charge in [-0.1, -0.05) is 18.2 Å². The molecule has 1 aromatic heterocycles. The zero-order valence-electron chi connectivity index (χ0n) is 13.9. The third kappa shape index (κ3) is 2.31. The molecule has 0 bridgehead atoms. The summed E-state index contributed by atoms with van der Waals surface area (Å²) in [7, 11) is 0. The first-order valence-electron chi connectivity index (χ1n) is 8.37. The van der Waals surface area contributed by atoms with E-state index in [4.69, 9.17) is 0 Å². The molecule has 2 aromatic carbocycles. The van der Waals surface area contributed by atoms with Crippen molar-refractivity contribution in [2.24, 2.45) is 0 Å². The number of carbonyl (C=O) groups is 2. The molecule has 3 aromatic rings. The zero-order valence-corrected chi connectivity index (χ0v) is 13.9. The van der Waals surface area contributed by atoms with Crippen molar-refractivity contribution in [3.63, 3.8) is 0 Å². The Morgan fingerprint density at radius 1 is 1.16 bits per heavy atom. The second-order valence-electron chi connectivity index (χ2n) is 6.15. The van der Waals surface area contributed by atoms with Gasteiger partial charge in [-0.3, -0.25) is 4.79 Å². The number of amides is 1. The molecule has 0 saturated heterocycles. The highest BCUT2D eigenvalue weighted by Gasteiger charge is 2.31. The summed E-state index contributed by atoms with van der Waals surface area (Å²) in [5.41, 5.74) is 3.69. The number of aromatic carboxylic acids is 1. The Hall–Kier alpha value is -3.08. The van der Waals surface area contributed by atoms with E-state index in [-0.39, 0.29) is 11.5 Å². The molecule has 126 valence electrons. The average Bonchev–Trinajstić information content (AvgIpc) is 2.96. The van der Waals surface area contributed by atoms with Crippen LogP contribution in [0.3, 0.4) is 0 Å². The van der Waals surface area contributed by atoms with Crippen LogP contribution in [-0.2, 0) is 13.0 Å². The number of nitrogens with zero attached hydrogens (tertiary/aromatic N) is 2. The molecule has 5 nitrogen and oxygen atoms in total. The Kier molecular flexibility index (Phi) is 3.57. The number of fused-ring (bicyclic) bond motifs is 3. The number of anilines is 1. The molecular weight excluding hydrogens is 316 g/mol. The number of carbonyl (C=O) groups excluding carboxylic acids is 1. The molecule has 0 saturated carbocycles. The molecule has 5 heteroatoms. The maximum Gasteiger partial charge on any atom is 0.335 e. The van der Waals surface area contributed by atoms with Gasteiger partial charge in [0.05, 0.1) is 5.56 Å². The lowest BCUT2D eigenvalue weighted by Gasteiger charge is -2.28. The SMILES string of the molecule is CCn1c2c(c3cc(C(=O)O)ccc31)CCN(c1ccccc1)C2=O. The summed E-state index contributed by atoms with van der Waals surface area (Å²) in [6, 6.07) is 14.7. The first-order valence-corrected chi connectivity index (χ1v) is 8.37. The van der Waals surface area contributed by atoms with Crippen LogP contribution in [0.5, 0.6) is 0 Å². The van der Waals surface area contributed by atoms with Crippen molar-refractivity contribution in [2.45, 2.75) is 19.9 Å². The lowest BCUT2D eigenvalue weighted by Crippen LogP contribution is -2.38. The third-order valence-electron chi connectivity index (χ3n) is 4.83. The number of carboxylic acid groups (broad SMARTS) is 1. The van der Waals surface area contributed by atoms with Gasteiger partial charge in [0.25, 0.3) is 5.91 Å². The Morgan fingerprint density at radius 2 is 1.92 bits per heavy atom. The average molecular weight is 334 g/mol. The number of benzene rings is 2. The minimum atomic E-state index is -0.951. The van der Waals surface area contributed by atoms with Gasteiger partial charge in [0.2, 0.25) is 0 Å². The molecule has 0 unspecified atom stereocenters. The zero-order chi connectivity index (χ0) is 17.6. The fourth-order valence-electron chi connectivity index (χ4n) is 3.69. The van der Waals surface area contributed by atoms with Gasteiger partial charge >= 0.3 is 5.97 Å². The summed E-state index contributed by atoms with van der Waals surface area (Å²) in [5, 5.41) is 10.1. The number of hydrogen-bond donors (Lipinski definition) is 1. The molecule has 1 amide bonds. The maximum absolute atomic E-state index is 13.2. The second kappa shape index (κ2) is 5.77. The van der Waals surface area contributed by atoms with Gasteiger partial charge in [-0.25, -0.2) is 4.79 Å². The lowest BCUT2D eigenvalue weighted by atomic mass is 10.0. The molecule has 1 aliphatic rings. The lowest BCUT2D eigenvalue weighted by molar-refractivity contribution is 0.0697. The number of para-hydroxylation sites is 1. The predicted molar refractivity (Wildman–Crippen MR) is 96.4 cm³/mol. The van der Waals surface area contributed by atoms with E-state index >= 15 is 0 Å². The first kappa shape index (κ1) is 15.4. The van der Waals surface area contributed by atoms with Gasteiger partial charge < -0.3 is 14.6 Å². The Bertz CT molecular complexity index is 989. The fraction of sp³-hybridized carbons (Fsp3) is 0.200. The van der Waals surface area contributed by atoms with Gasteiger partial charge in [-0.15, -0.1) is 0 Å². The van der Waals surface area contributed by atoms with Crippen molar-refractivity contribution < 1.29 is 14.7 Å². The van der Waals surface area contributed by atoms with Gasteiger partial charge in [0.1, 0.15) is 5.69 Å².